The van der Waals surface area contributed by atoms with Crippen LogP contribution in [0.1, 0.15) is 5.56 Å². The van der Waals surface area contributed by atoms with Gasteiger partial charge in [-0.3, -0.25) is 14.7 Å². The molecule has 2 aromatic heterocycles. The summed E-state index contributed by atoms with van der Waals surface area (Å²) in [6.07, 6.45) is 6.83. The minimum atomic E-state index is -0.439. The summed E-state index contributed by atoms with van der Waals surface area (Å²) in [6.45, 7) is 0.653. The predicted molar refractivity (Wildman–Crippen MR) is 83.0 cm³/mol. The van der Waals surface area contributed by atoms with Gasteiger partial charge in [-0.1, -0.05) is 18.2 Å². The monoisotopic (exact) mass is 308 g/mol. The summed E-state index contributed by atoms with van der Waals surface area (Å²) in [6, 6.07) is 7.86. The first-order chi connectivity index (χ1) is 11.3. The van der Waals surface area contributed by atoms with Crippen molar-refractivity contribution in [3.05, 3.63) is 65.0 Å². The molecule has 23 heavy (non-hydrogen) atoms. The van der Waals surface area contributed by atoms with Crippen molar-refractivity contribution < 1.29 is 4.92 Å². The number of anilines is 2. The lowest BCUT2D eigenvalue weighted by Crippen LogP contribution is -2.18. The van der Waals surface area contributed by atoms with E-state index in [9.17, 15) is 10.1 Å². The van der Waals surface area contributed by atoms with Gasteiger partial charge in [0.1, 0.15) is 12.7 Å². The lowest BCUT2D eigenvalue weighted by molar-refractivity contribution is -0.384. The number of aromatic nitrogens is 4. The van der Waals surface area contributed by atoms with Crippen molar-refractivity contribution in [2.45, 2.75) is 6.42 Å². The standard InChI is InChI=1S/C15H12N6O2/c22-21(23)13-14(19-8-6-16-10-19)17-9-18-15(13)20-7-5-11-3-1-2-4-12(11)20/h1-4,6,8-10H,5,7H2. The average Bonchev–Trinajstić information content (AvgIpc) is 3.23. The molecular formula is C15H12N6O2. The molecule has 0 bridgehead atoms. The Balaban J connectivity index is 1.90. The van der Waals surface area contributed by atoms with Crippen LogP contribution >= 0.6 is 0 Å². The highest BCUT2D eigenvalue weighted by Crippen LogP contribution is 2.39. The highest BCUT2D eigenvalue weighted by atomic mass is 16.6. The van der Waals surface area contributed by atoms with Crippen molar-refractivity contribution in [1.82, 2.24) is 19.5 Å². The molecule has 0 aliphatic carbocycles. The predicted octanol–water partition coefficient (Wildman–Crippen LogP) is 2.26. The molecule has 8 nitrogen and oxygen atoms in total. The van der Waals surface area contributed by atoms with Crippen molar-refractivity contribution >= 4 is 17.2 Å². The van der Waals surface area contributed by atoms with Crippen LogP contribution in [0.15, 0.2) is 49.3 Å². The molecule has 0 amide bonds. The number of nitrogens with zero attached hydrogens (tertiary/aromatic N) is 6. The van der Waals surface area contributed by atoms with Crippen molar-refractivity contribution in [2.75, 3.05) is 11.4 Å². The van der Waals surface area contributed by atoms with Crippen LogP contribution in [0.25, 0.3) is 5.82 Å². The molecule has 3 aromatic rings. The highest BCUT2D eigenvalue weighted by Gasteiger charge is 2.31. The van der Waals surface area contributed by atoms with Gasteiger partial charge in [-0.2, -0.15) is 0 Å². The van der Waals surface area contributed by atoms with Crippen LogP contribution in [0.2, 0.25) is 0 Å². The molecular weight excluding hydrogens is 296 g/mol. The summed E-state index contributed by atoms with van der Waals surface area (Å²) in [4.78, 5) is 25.3. The van der Waals surface area contributed by atoms with Gasteiger partial charge < -0.3 is 4.90 Å². The molecule has 0 saturated heterocycles. The van der Waals surface area contributed by atoms with Gasteiger partial charge in [-0.25, -0.2) is 15.0 Å². The van der Waals surface area contributed by atoms with Crippen molar-refractivity contribution in [3.63, 3.8) is 0 Å². The number of hydrogen-bond acceptors (Lipinski definition) is 6. The Bertz CT molecular complexity index is 877. The SMILES string of the molecule is O=[N+]([O-])c1c(N2CCc3ccccc32)ncnc1-n1ccnc1. The van der Waals surface area contributed by atoms with E-state index >= 15 is 0 Å². The van der Waals surface area contributed by atoms with Crippen molar-refractivity contribution in [2.24, 2.45) is 0 Å². The second-order valence-corrected chi connectivity index (χ2v) is 5.13. The number of benzene rings is 1. The molecule has 1 aliphatic heterocycles. The van der Waals surface area contributed by atoms with Gasteiger partial charge in [0, 0.05) is 24.6 Å². The van der Waals surface area contributed by atoms with Crippen LogP contribution in [-0.4, -0.2) is 31.0 Å². The molecule has 0 fully saturated rings. The van der Waals surface area contributed by atoms with Gasteiger partial charge in [0.2, 0.25) is 11.6 Å². The second kappa shape index (κ2) is 5.16. The lowest BCUT2D eigenvalue weighted by Gasteiger charge is -2.18. The summed E-state index contributed by atoms with van der Waals surface area (Å²) >= 11 is 0. The zero-order valence-electron chi connectivity index (χ0n) is 12.0. The summed E-state index contributed by atoms with van der Waals surface area (Å²) < 4.78 is 1.52. The van der Waals surface area contributed by atoms with Crippen LogP contribution in [-0.2, 0) is 6.42 Å². The van der Waals surface area contributed by atoms with E-state index in [2.05, 4.69) is 15.0 Å². The smallest absolute Gasteiger partial charge is 0.320 e. The van der Waals surface area contributed by atoms with Crippen LogP contribution in [0.5, 0.6) is 0 Å². The molecule has 114 valence electrons. The zero-order valence-corrected chi connectivity index (χ0v) is 12.0. The van der Waals surface area contributed by atoms with Crippen LogP contribution in [0.3, 0.4) is 0 Å². The summed E-state index contributed by atoms with van der Waals surface area (Å²) in [5.41, 5.74) is 1.98. The maximum Gasteiger partial charge on any atom is 0.354 e. The number of rotatable bonds is 3. The molecule has 0 radical (unpaired) electrons. The topological polar surface area (TPSA) is 90.0 Å². The number of fused-ring (bicyclic) bond motifs is 1. The summed E-state index contributed by atoms with van der Waals surface area (Å²) in [5.74, 6) is 0.514. The highest BCUT2D eigenvalue weighted by molar-refractivity contribution is 5.76. The minimum Gasteiger partial charge on any atom is -0.320 e. The van der Waals surface area contributed by atoms with Crippen LogP contribution in [0.4, 0.5) is 17.2 Å². The number of hydrogen-bond donors (Lipinski definition) is 0. The van der Waals surface area contributed by atoms with Gasteiger partial charge in [0.25, 0.3) is 0 Å². The Morgan fingerprint density at radius 2 is 2.00 bits per heavy atom. The number of imidazole rings is 1. The maximum absolute atomic E-state index is 11.7. The Kier molecular flexibility index (Phi) is 3.00. The molecule has 0 saturated carbocycles. The third-order valence-corrected chi connectivity index (χ3v) is 3.86. The molecule has 0 unspecified atom stereocenters. The molecule has 1 aromatic carbocycles. The van der Waals surface area contributed by atoms with E-state index in [1.165, 1.54) is 17.2 Å². The van der Waals surface area contributed by atoms with E-state index < -0.39 is 4.92 Å². The van der Waals surface area contributed by atoms with Crippen molar-refractivity contribution in [1.29, 1.82) is 0 Å². The first-order valence-corrected chi connectivity index (χ1v) is 7.09. The number of nitro groups is 1. The fourth-order valence-electron chi connectivity index (χ4n) is 2.85. The van der Waals surface area contributed by atoms with Crippen LogP contribution < -0.4 is 4.90 Å². The first-order valence-electron chi connectivity index (χ1n) is 7.09. The van der Waals surface area contributed by atoms with E-state index in [1.54, 1.807) is 12.4 Å². The van der Waals surface area contributed by atoms with Gasteiger partial charge in [0.05, 0.1) is 4.92 Å². The first kappa shape index (κ1) is 13.4. The Morgan fingerprint density at radius 3 is 2.78 bits per heavy atom. The maximum atomic E-state index is 11.7. The molecule has 8 heteroatoms. The molecule has 0 spiro atoms. The molecule has 4 rings (SSSR count). The quantitative estimate of drug-likeness (QED) is 0.544. The third-order valence-electron chi connectivity index (χ3n) is 3.86. The van der Waals surface area contributed by atoms with E-state index in [0.717, 1.165) is 17.7 Å². The van der Waals surface area contributed by atoms with Crippen molar-refractivity contribution in [3.8, 4) is 5.82 Å². The zero-order chi connectivity index (χ0) is 15.8. The van der Waals surface area contributed by atoms with Gasteiger partial charge in [-0.05, 0) is 18.1 Å². The van der Waals surface area contributed by atoms with Gasteiger partial charge in [0.15, 0.2) is 0 Å². The lowest BCUT2D eigenvalue weighted by atomic mass is 10.2. The third kappa shape index (κ3) is 2.11. The number of para-hydroxylation sites is 1. The second-order valence-electron chi connectivity index (χ2n) is 5.13. The Morgan fingerprint density at radius 1 is 1.17 bits per heavy atom. The fraction of sp³-hybridized carbons (Fsp3) is 0.133. The van der Waals surface area contributed by atoms with E-state index in [1.807, 2.05) is 29.2 Å². The summed E-state index contributed by atoms with van der Waals surface area (Å²) in [5, 5.41) is 11.7. The van der Waals surface area contributed by atoms with E-state index in [4.69, 9.17) is 0 Å². The Labute approximate surface area is 131 Å². The molecule has 0 atom stereocenters. The minimum absolute atomic E-state index is 0.123. The molecule has 1 aliphatic rings. The Hall–Kier alpha value is -3.29. The van der Waals surface area contributed by atoms with E-state index in [0.29, 0.717) is 12.4 Å². The van der Waals surface area contributed by atoms with Gasteiger partial charge in [-0.15, -0.1) is 0 Å². The van der Waals surface area contributed by atoms with Gasteiger partial charge >= 0.3 is 5.69 Å². The summed E-state index contributed by atoms with van der Waals surface area (Å²) in [7, 11) is 0. The normalized spacial score (nSPS) is 13.1. The molecule has 3 heterocycles. The average molecular weight is 308 g/mol. The molecule has 0 N–H and O–H groups in total. The van der Waals surface area contributed by atoms with Crippen LogP contribution in [0, 0.1) is 10.1 Å². The fourth-order valence-corrected chi connectivity index (χ4v) is 2.85. The largest absolute Gasteiger partial charge is 0.354 e. The van der Waals surface area contributed by atoms with E-state index in [-0.39, 0.29) is 11.5 Å².